The predicted molar refractivity (Wildman–Crippen MR) is 189 cm³/mol. The molecule has 280 valence electrons. The number of anilines is 1. The number of nitrogens with zero attached hydrogens (tertiary/aromatic N) is 4. The van der Waals surface area contributed by atoms with Crippen LogP contribution in [0.2, 0.25) is 0 Å². The SMILES string of the molecule is NCCCCOCCOCCOCCOCCOCCOCCOCCNC(=O)c1ccc(-c2cnc(NCc3ccco3)n3cnnc23)cc1. The Kier molecular flexibility index (Phi) is 19.5. The molecule has 1 amide bonds. The van der Waals surface area contributed by atoms with Crippen molar-refractivity contribution in [3.63, 3.8) is 0 Å². The first kappa shape index (κ1) is 39.8. The summed E-state index contributed by atoms with van der Waals surface area (Å²) in [7, 11) is 0. The van der Waals surface area contributed by atoms with Crippen LogP contribution in [-0.2, 0) is 39.7 Å². The van der Waals surface area contributed by atoms with Gasteiger partial charge >= 0.3 is 0 Å². The van der Waals surface area contributed by atoms with E-state index in [0.29, 0.717) is 123 Å². The lowest BCUT2D eigenvalue weighted by Gasteiger charge is -2.10. The zero-order valence-electron chi connectivity index (χ0n) is 29.2. The van der Waals surface area contributed by atoms with Crippen LogP contribution in [0.15, 0.2) is 59.6 Å². The topological polar surface area (TPSA) is 188 Å². The van der Waals surface area contributed by atoms with E-state index in [1.54, 1.807) is 35.3 Å². The number of benzene rings is 1. The molecule has 0 radical (unpaired) electrons. The van der Waals surface area contributed by atoms with E-state index in [0.717, 1.165) is 36.3 Å². The zero-order valence-corrected chi connectivity index (χ0v) is 29.2. The number of carbonyl (C=O) groups excluding carboxylic acids is 1. The van der Waals surface area contributed by atoms with Crippen LogP contribution in [0.3, 0.4) is 0 Å². The molecule has 16 nitrogen and oxygen atoms in total. The number of hydrogen-bond donors (Lipinski definition) is 3. The molecule has 0 atom stereocenters. The minimum Gasteiger partial charge on any atom is -0.467 e. The van der Waals surface area contributed by atoms with Gasteiger partial charge in [-0.15, -0.1) is 10.2 Å². The number of aromatic nitrogens is 4. The fourth-order valence-electron chi connectivity index (χ4n) is 4.64. The Hall–Kier alpha value is -4.00. The van der Waals surface area contributed by atoms with Crippen LogP contribution in [0.4, 0.5) is 5.95 Å². The van der Waals surface area contributed by atoms with E-state index in [-0.39, 0.29) is 5.91 Å². The molecule has 3 aromatic heterocycles. The molecule has 0 spiro atoms. The van der Waals surface area contributed by atoms with Gasteiger partial charge in [0.15, 0.2) is 5.65 Å². The van der Waals surface area contributed by atoms with E-state index in [1.165, 1.54) is 0 Å². The lowest BCUT2D eigenvalue weighted by molar-refractivity contribution is -0.0204. The molecule has 0 saturated heterocycles. The molecule has 0 aliphatic carbocycles. The Morgan fingerprint density at radius 2 is 1.33 bits per heavy atom. The lowest BCUT2D eigenvalue weighted by atomic mass is 10.1. The molecule has 51 heavy (non-hydrogen) atoms. The molecule has 4 aromatic rings. The van der Waals surface area contributed by atoms with Crippen molar-refractivity contribution in [1.82, 2.24) is 24.9 Å². The maximum atomic E-state index is 12.6. The van der Waals surface area contributed by atoms with Gasteiger partial charge in [-0.25, -0.2) is 4.98 Å². The Bertz CT molecular complexity index is 1470. The lowest BCUT2D eigenvalue weighted by Crippen LogP contribution is -2.27. The first-order valence-corrected chi connectivity index (χ1v) is 17.3. The van der Waals surface area contributed by atoms with Crippen molar-refractivity contribution in [3.05, 3.63) is 66.5 Å². The molecule has 0 aliphatic rings. The normalized spacial score (nSPS) is 11.4. The summed E-state index contributed by atoms with van der Waals surface area (Å²) in [6.45, 7) is 8.64. The minimum atomic E-state index is -0.185. The van der Waals surface area contributed by atoms with Gasteiger partial charge in [0.1, 0.15) is 12.1 Å². The summed E-state index contributed by atoms with van der Waals surface area (Å²) < 4.78 is 45.6. The van der Waals surface area contributed by atoms with Gasteiger partial charge in [0.05, 0.1) is 98.7 Å². The van der Waals surface area contributed by atoms with Crippen LogP contribution in [0.5, 0.6) is 0 Å². The third-order valence-electron chi connectivity index (χ3n) is 7.30. The standard InChI is InChI=1S/C35H51N7O9/c36-9-1-2-11-44-14-16-46-18-20-48-22-24-50-25-23-49-21-19-47-17-15-45-13-10-37-34(43)30-7-5-29(6-8-30)32-27-39-35(42-28-40-41-33(32)42)38-26-31-4-3-12-51-31/h3-8,12,27-28H,1-2,9-11,13-26,36H2,(H,37,43)(H,38,39). The number of amides is 1. The summed E-state index contributed by atoms with van der Waals surface area (Å²) in [5, 5.41) is 14.4. The molecule has 0 aliphatic heterocycles. The quantitative estimate of drug-likeness (QED) is 0.0669. The van der Waals surface area contributed by atoms with E-state index < -0.39 is 0 Å². The van der Waals surface area contributed by atoms with Crippen LogP contribution in [0.1, 0.15) is 29.0 Å². The Labute approximate surface area is 298 Å². The number of fused-ring (bicyclic) bond motifs is 1. The van der Waals surface area contributed by atoms with E-state index in [1.807, 2.05) is 24.3 Å². The van der Waals surface area contributed by atoms with Crippen LogP contribution in [0, 0.1) is 0 Å². The van der Waals surface area contributed by atoms with E-state index in [2.05, 4.69) is 25.8 Å². The summed E-state index contributed by atoms with van der Waals surface area (Å²) in [5.74, 6) is 1.20. The van der Waals surface area contributed by atoms with Crippen LogP contribution < -0.4 is 16.4 Å². The van der Waals surface area contributed by atoms with E-state index >= 15 is 0 Å². The van der Waals surface area contributed by atoms with Crippen molar-refractivity contribution in [1.29, 1.82) is 0 Å². The highest BCUT2D eigenvalue weighted by Gasteiger charge is 2.13. The molecular formula is C35H51N7O9. The second-order valence-electron chi connectivity index (χ2n) is 11.1. The maximum Gasteiger partial charge on any atom is 0.251 e. The van der Waals surface area contributed by atoms with Gasteiger partial charge in [0.2, 0.25) is 5.95 Å². The highest BCUT2D eigenvalue weighted by Crippen LogP contribution is 2.25. The summed E-state index contributed by atoms with van der Waals surface area (Å²) in [6.07, 6.45) is 6.93. The number of ether oxygens (including phenoxy) is 7. The van der Waals surface area contributed by atoms with Crippen LogP contribution in [0.25, 0.3) is 16.8 Å². The average Bonchev–Trinajstić information content (AvgIpc) is 3.87. The fraction of sp³-hybridized carbons (Fsp3) is 0.543. The Balaban J connectivity index is 0.939. The summed E-state index contributed by atoms with van der Waals surface area (Å²) in [6, 6.07) is 11.0. The van der Waals surface area contributed by atoms with Crippen molar-refractivity contribution in [2.45, 2.75) is 19.4 Å². The largest absolute Gasteiger partial charge is 0.467 e. The van der Waals surface area contributed by atoms with E-state index in [9.17, 15) is 4.79 Å². The minimum absolute atomic E-state index is 0.185. The second kappa shape index (κ2) is 25.0. The van der Waals surface area contributed by atoms with Crippen molar-refractivity contribution < 1.29 is 42.4 Å². The average molecular weight is 714 g/mol. The van der Waals surface area contributed by atoms with Crippen LogP contribution >= 0.6 is 0 Å². The second-order valence-corrected chi connectivity index (χ2v) is 11.1. The first-order chi connectivity index (χ1) is 25.3. The maximum absolute atomic E-state index is 12.6. The molecule has 0 unspecified atom stereocenters. The fourth-order valence-corrected chi connectivity index (χ4v) is 4.64. The molecule has 4 N–H and O–H groups in total. The Morgan fingerprint density at radius 1 is 0.745 bits per heavy atom. The number of furan rings is 1. The van der Waals surface area contributed by atoms with Gasteiger partial charge in [0.25, 0.3) is 5.91 Å². The number of unbranched alkanes of at least 4 members (excludes halogenated alkanes) is 1. The molecule has 0 saturated carbocycles. The monoisotopic (exact) mass is 713 g/mol. The van der Waals surface area contributed by atoms with Crippen molar-refractivity contribution in [3.8, 4) is 11.1 Å². The van der Waals surface area contributed by atoms with Gasteiger partial charge in [-0.3, -0.25) is 9.20 Å². The molecular weight excluding hydrogens is 662 g/mol. The number of rotatable bonds is 30. The molecule has 4 rings (SSSR count). The van der Waals surface area contributed by atoms with Gasteiger partial charge in [-0.2, -0.15) is 0 Å². The molecule has 0 bridgehead atoms. The van der Waals surface area contributed by atoms with Gasteiger partial charge in [0, 0.05) is 30.5 Å². The third kappa shape index (κ3) is 15.4. The van der Waals surface area contributed by atoms with Crippen molar-refractivity contribution >= 4 is 17.5 Å². The molecule has 16 heteroatoms. The number of nitrogens with one attached hydrogen (secondary N) is 2. The summed E-state index contributed by atoms with van der Waals surface area (Å²) >= 11 is 0. The highest BCUT2D eigenvalue weighted by atomic mass is 16.6. The van der Waals surface area contributed by atoms with Crippen LogP contribution in [-0.4, -0.2) is 131 Å². The van der Waals surface area contributed by atoms with Gasteiger partial charge in [-0.05, 0) is 49.2 Å². The summed E-state index contributed by atoms with van der Waals surface area (Å²) in [4.78, 5) is 17.2. The first-order valence-electron chi connectivity index (χ1n) is 17.3. The smallest absolute Gasteiger partial charge is 0.251 e. The van der Waals surface area contributed by atoms with E-state index in [4.69, 9.17) is 43.3 Å². The van der Waals surface area contributed by atoms with Gasteiger partial charge < -0.3 is 53.9 Å². The summed E-state index contributed by atoms with van der Waals surface area (Å²) in [5.41, 5.74) is 8.28. The zero-order chi connectivity index (χ0) is 35.6. The Morgan fingerprint density at radius 3 is 1.90 bits per heavy atom. The van der Waals surface area contributed by atoms with Crippen molar-refractivity contribution in [2.24, 2.45) is 5.73 Å². The number of hydrogen-bond acceptors (Lipinski definition) is 14. The third-order valence-corrected chi connectivity index (χ3v) is 7.30. The molecule has 3 heterocycles. The molecule has 1 aromatic carbocycles. The predicted octanol–water partition coefficient (Wildman–Crippen LogP) is 2.58. The number of carbonyl (C=O) groups is 1. The van der Waals surface area contributed by atoms with Crippen molar-refractivity contribution in [2.75, 3.05) is 111 Å². The number of nitrogens with two attached hydrogens (primary N) is 1. The molecule has 0 fully saturated rings. The highest BCUT2D eigenvalue weighted by molar-refractivity contribution is 5.95. The van der Waals surface area contributed by atoms with Gasteiger partial charge in [-0.1, -0.05) is 12.1 Å².